The minimum atomic E-state index is -0.519. The van der Waals surface area contributed by atoms with E-state index in [4.69, 9.17) is 9.47 Å². The molecule has 0 aliphatic heterocycles. The maximum absolute atomic E-state index is 11.3. The van der Waals surface area contributed by atoms with Crippen molar-refractivity contribution in [3.05, 3.63) is 47.0 Å². The van der Waals surface area contributed by atoms with Crippen LogP contribution in [0.3, 0.4) is 0 Å². The average molecular weight is 251 g/mol. The molecule has 0 aliphatic rings. The monoisotopic (exact) mass is 251 g/mol. The van der Waals surface area contributed by atoms with E-state index in [9.17, 15) is 14.9 Å². The predicted molar refractivity (Wildman–Crippen MR) is 64.4 cm³/mol. The van der Waals surface area contributed by atoms with Gasteiger partial charge in [-0.3, -0.25) is 14.9 Å². The second-order valence-electron chi connectivity index (χ2n) is 3.34. The molecule has 0 aromatic heterocycles. The Morgan fingerprint density at radius 1 is 1.39 bits per heavy atom. The second kappa shape index (κ2) is 7.18. The van der Waals surface area contributed by atoms with E-state index in [0.29, 0.717) is 6.61 Å². The molecule has 1 aromatic rings. The highest BCUT2D eigenvalue weighted by Crippen LogP contribution is 2.17. The Morgan fingerprint density at radius 3 is 2.61 bits per heavy atom. The summed E-state index contributed by atoms with van der Waals surface area (Å²) < 4.78 is 10.00. The summed E-state index contributed by atoms with van der Waals surface area (Å²) in [5.41, 5.74) is -0.0517. The van der Waals surface area contributed by atoms with Crippen molar-refractivity contribution >= 4 is 11.7 Å². The van der Waals surface area contributed by atoms with E-state index >= 15 is 0 Å². The van der Waals surface area contributed by atoms with E-state index in [-0.39, 0.29) is 24.5 Å². The Balaban J connectivity index is 2.39. The zero-order chi connectivity index (χ0) is 13.4. The lowest BCUT2D eigenvalue weighted by Crippen LogP contribution is -2.11. The zero-order valence-electron chi connectivity index (χ0n) is 9.70. The number of benzene rings is 1. The molecular formula is C12H13NO5. The SMILES string of the molecule is C=CCOCCC(=O)Oc1ccc([N+](=O)[O-])cc1. The van der Waals surface area contributed by atoms with E-state index in [2.05, 4.69) is 6.58 Å². The second-order valence-corrected chi connectivity index (χ2v) is 3.34. The van der Waals surface area contributed by atoms with E-state index in [0.717, 1.165) is 0 Å². The molecule has 1 rings (SSSR count). The maximum atomic E-state index is 11.3. The number of nitro benzene ring substituents is 1. The van der Waals surface area contributed by atoms with Gasteiger partial charge in [0, 0.05) is 12.1 Å². The van der Waals surface area contributed by atoms with E-state index in [1.165, 1.54) is 24.3 Å². The Kier molecular flexibility index (Phi) is 5.53. The van der Waals surface area contributed by atoms with Crippen LogP contribution in [0.15, 0.2) is 36.9 Å². The molecule has 6 heteroatoms. The van der Waals surface area contributed by atoms with Crippen LogP contribution >= 0.6 is 0 Å². The summed E-state index contributed by atoms with van der Waals surface area (Å²) in [6.45, 7) is 4.10. The van der Waals surface area contributed by atoms with Crippen molar-refractivity contribution in [2.45, 2.75) is 6.42 Å². The van der Waals surface area contributed by atoms with Crippen molar-refractivity contribution in [3.8, 4) is 5.75 Å². The van der Waals surface area contributed by atoms with Crippen LogP contribution in [-0.2, 0) is 9.53 Å². The van der Waals surface area contributed by atoms with Gasteiger partial charge in [-0.1, -0.05) is 6.08 Å². The zero-order valence-corrected chi connectivity index (χ0v) is 9.70. The van der Waals surface area contributed by atoms with Crippen LogP contribution in [0.5, 0.6) is 5.75 Å². The summed E-state index contributed by atoms with van der Waals surface area (Å²) in [6, 6.07) is 5.30. The van der Waals surface area contributed by atoms with Crippen LogP contribution < -0.4 is 4.74 Å². The lowest BCUT2D eigenvalue weighted by atomic mass is 10.3. The molecule has 6 nitrogen and oxygen atoms in total. The minimum absolute atomic E-state index is 0.0517. The number of nitrogens with zero attached hydrogens (tertiary/aromatic N) is 1. The molecule has 0 fully saturated rings. The fraction of sp³-hybridized carbons (Fsp3) is 0.250. The first kappa shape index (κ1) is 13.9. The molecule has 0 spiro atoms. The molecule has 0 saturated heterocycles. The molecular weight excluding hydrogens is 238 g/mol. The van der Waals surface area contributed by atoms with Crippen LogP contribution in [-0.4, -0.2) is 24.1 Å². The number of carbonyl (C=O) groups excluding carboxylic acids is 1. The molecule has 0 atom stereocenters. The van der Waals surface area contributed by atoms with Crippen LogP contribution in [0.25, 0.3) is 0 Å². The molecule has 0 bridgehead atoms. The lowest BCUT2D eigenvalue weighted by Gasteiger charge is -2.04. The van der Waals surface area contributed by atoms with Gasteiger partial charge in [0.1, 0.15) is 5.75 Å². The van der Waals surface area contributed by atoms with Gasteiger partial charge in [0.2, 0.25) is 0 Å². The highest BCUT2D eigenvalue weighted by molar-refractivity contribution is 5.72. The van der Waals surface area contributed by atoms with Gasteiger partial charge in [-0.2, -0.15) is 0 Å². The molecule has 0 aliphatic carbocycles. The number of carbonyl (C=O) groups is 1. The van der Waals surface area contributed by atoms with Gasteiger partial charge >= 0.3 is 5.97 Å². The molecule has 0 amide bonds. The largest absolute Gasteiger partial charge is 0.426 e. The number of hydrogen-bond donors (Lipinski definition) is 0. The molecule has 0 saturated carbocycles. The molecule has 0 radical (unpaired) electrons. The Hall–Kier alpha value is -2.21. The smallest absolute Gasteiger partial charge is 0.313 e. The number of rotatable bonds is 7. The van der Waals surface area contributed by atoms with Gasteiger partial charge in [0.15, 0.2) is 0 Å². The first-order valence-electron chi connectivity index (χ1n) is 5.27. The van der Waals surface area contributed by atoms with Crippen molar-refractivity contribution < 1.29 is 19.2 Å². The van der Waals surface area contributed by atoms with Crippen LogP contribution in [0.4, 0.5) is 5.69 Å². The maximum Gasteiger partial charge on any atom is 0.313 e. The van der Waals surface area contributed by atoms with E-state index in [1.54, 1.807) is 6.08 Å². The number of ether oxygens (including phenoxy) is 2. The molecule has 0 N–H and O–H groups in total. The summed E-state index contributed by atoms with van der Waals surface area (Å²) in [4.78, 5) is 21.2. The topological polar surface area (TPSA) is 78.7 Å². The van der Waals surface area contributed by atoms with Gasteiger partial charge in [-0.05, 0) is 12.1 Å². The lowest BCUT2D eigenvalue weighted by molar-refractivity contribution is -0.384. The van der Waals surface area contributed by atoms with Crippen molar-refractivity contribution in [3.63, 3.8) is 0 Å². The molecule has 0 heterocycles. The van der Waals surface area contributed by atoms with Gasteiger partial charge in [0.05, 0.1) is 24.6 Å². The Morgan fingerprint density at radius 2 is 2.06 bits per heavy atom. The van der Waals surface area contributed by atoms with Crippen LogP contribution in [0.1, 0.15) is 6.42 Å². The third-order valence-electron chi connectivity index (χ3n) is 1.97. The summed E-state index contributed by atoms with van der Waals surface area (Å²) in [5, 5.41) is 10.4. The quantitative estimate of drug-likeness (QED) is 0.185. The number of hydrogen-bond acceptors (Lipinski definition) is 5. The summed E-state index contributed by atoms with van der Waals surface area (Å²) in [6.07, 6.45) is 1.70. The Labute approximate surface area is 104 Å². The van der Waals surface area contributed by atoms with Gasteiger partial charge in [0.25, 0.3) is 5.69 Å². The van der Waals surface area contributed by atoms with Crippen molar-refractivity contribution in [2.24, 2.45) is 0 Å². The predicted octanol–water partition coefficient (Wildman–Crippen LogP) is 2.09. The third kappa shape index (κ3) is 4.75. The molecule has 1 aromatic carbocycles. The summed E-state index contributed by atoms with van der Waals surface area (Å²) in [7, 11) is 0. The van der Waals surface area contributed by atoms with Crippen LogP contribution in [0, 0.1) is 10.1 Å². The molecule has 96 valence electrons. The highest BCUT2D eigenvalue weighted by atomic mass is 16.6. The molecule has 18 heavy (non-hydrogen) atoms. The van der Waals surface area contributed by atoms with Crippen molar-refractivity contribution in [2.75, 3.05) is 13.2 Å². The summed E-state index contributed by atoms with van der Waals surface area (Å²) >= 11 is 0. The first-order chi connectivity index (χ1) is 8.63. The van der Waals surface area contributed by atoms with Gasteiger partial charge in [-0.25, -0.2) is 0 Å². The number of esters is 1. The number of non-ortho nitro benzene ring substituents is 1. The summed E-state index contributed by atoms with van der Waals surface area (Å²) in [5.74, 6) is -0.178. The molecule has 0 unspecified atom stereocenters. The van der Waals surface area contributed by atoms with E-state index in [1.807, 2.05) is 0 Å². The fourth-order valence-electron chi connectivity index (χ4n) is 1.14. The normalized spacial score (nSPS) is 9.78. The van der Waals surface area contributed by atoms with E-state index < -0.39 is 10.9 Å². The van der Waals surface area contributed by atoms with Crippen molar-refractivity contribution in [1.29, 1.82) is 0 Å². The first-order valence-corrected chi connectivity index (χ1v) is 5.27. The van der Waals surface area contributed by atoms with Crippen molar-refractivity contribution in [1.82, 2.24) is 0 Å². The fourth-order valence-corrected chi connectivity index (χ4v) is 1.14. The minimum Gasteiger partial charge on any atom is -0.426 e. The van der Waals surface area contributed by atoms with Crippen LogP contribution in [0.2, 0.25) is 0 Å². The average Bonchev–Trinajstić information content (AvgIpc) is 2.35. The van der Waals surface area contributed by atoms with Gasteiger partial charge in [-0.15, -0.1) is 6.58 Å². The third-order valence-corrected chi connectivity index (χ3v) is 1.97. The number of nitro groups is 1. The standard InChI is InChI=1S/C12H13NO5/c1-2-8-17-9-7-12(14)18-11-5-3-10(4-6-11)13(15)16/h2-6H,1,7-9H2. The Bertz CT molecular complexity index is 427. The van der Waals surface area contributed by atoms with Gasteiger partial charge < -0.3 is 9.47 Å². The highest BCUT2D eigenvalue weighted by Gasteiger charge is 2.07.